The minimum absolute atomic E-state index is 0.167. The van der Waals surface area contributed by atoms with Crippen molar-refractivity contribution in [3.63, 3.8) is 0 Å². The van der Waals surface area contributed by atoms with E-state index in [1.54, 1.807) is 47.2 Å². The molecule has 0 aromatic heterocycles. The van der Waals surface area contributed by atoms with Gasteiger partial charge >= 0.3 is 6.18 Å². The number of carbonyl (C=O) groups is 1. The molecule has 1 unspecified atom stereocenters. The van der Waals surface area contributed by atoms with E-state index >= 15 is 0 Å². The van der Waals surface area contributed by atoms with Gasteiger partial charge in [-0.2, -0.15) is 18.4 Å². The molecule has 1 fully saturated rings. The van der Waals surface area contributed by atoms with Crippen molar-refractivity contribution in [1.29, 1.82) is 5.26 Å². The molecule has 1 amide bonds. The van der Waals surface area contributed by atoms with Crippen LogP contribution in [0.2, 0.25) is 0 Å². The number of halogens is 3. The van der Waals surface area contributed by atoms with Crippen molar-refractivity contribution in [1.82, 2.24) is 4.90 Å². The van der Waals surface area contributed by atoms with E-state index in [9.17, 15) is 18.0 Å². The van der Waals surface area contributed by atoms with Crippen LogP contribution in [-0.2, 0) is 10.9 Å². The average Bonchev–Trinajstić information content (AvgIpc) is 2.78. The Balaban J connectivity index is 1.83. The first-order valence-corrected chi connectivity index (χ1v) is 9.58. The molecule has 1 saturated heterocycles. The average molecular weight is 433 g/mol. The standard InChI is InChI=1S/C22H22F3N3O3/c1-30-14-18-13-27(21(29)15-4-7-19(31-2)8-5-15)9-10-28(18)17-6-3-16(12-26)20(11-17)22(23,24)25/h3-8,11,18H,9-10,13-14H2,1-2H3. The zero-order valence-corrected chi connectivity index (χ0v) is 17.1. The molecule has 6 nitrogen and oxygen atoms in total. The summed E-state index contributed by atoms with van der Waals surface area (Å²) >= 11 is 0. The number of benzene rings is 2. The van der Waals surface area contributed by atoms with Gasteiger partial charge in [0.15, 0.2) is 0 Å². The molecule has 0 saturated carbocycles. The van der Waals surface area contributed by atoms with Crippen molar-refractivity contribution in [2.45, 2.75) is 12.2 Å². The lowest BCUT2D eigenvalue weighted by atomic mass is 10.0. The SMILES string of the molecule is COCC1CN(C(=O)c2ccc(OC)cc2)CCN1c1ccc(C#N)c(C(F)(F)F)c1. The first kappa shape index (κ1) is 22.4. The maximum absolute atomic E-state index is 13.4. The third-order valence-electron chi connectivity index (χ3n) is 5.23. The number of alkyl halides is 3. The fourth-order valence-corrected chi connectivity index (χ4v) is 3.67. The molecule has 9 heteroatoms. The molecule has 2 aromatic rings. The number of anilines is 1. The van der Waals surface area contributed by atoms with Crippen LogP contribution in [0.15, 0.2) is 42.5 Å². The van der Waals surface area contributed by atoms with Crippen LogP contribution >= 0.6 is 0 Å². The fourth-order valence-electron chi connectivity index (χ4n) is 3.67. The Hall–Kier alpha value is -3.25. The second-order valence-corrected chi connectivity index (χ2v) is 7.12. The molecule has 164 valence electrons. The molecule has 3 rings (SSSR count). The van der Waals surface area contributed by atoms with Gasteiger partial charge in [-0.1, -0.05) is 0 Å². The lowest BCUT2D eigenvalue weighted by Gasteiger charge is -2.42. The summed E-state index contributed by atoms with van der Waals surface area (Å²) in [6.45, 7) is 1.19. The van der Waals surface area contributed by atoms with Crippen molar-refractivity contribution in [2.75, 3.05) is 45.4 Å². The molecule has 0 N–H and O–H groups in total. The van der Waals surface area contributed by atoms with Gasteiger partial charge in [-0.15, -0.1) is 0 Å². The highest BCUT2D eigenvalue weighted by Crippen LogP contribution is 2.35. The summed E-state index contributed by atoms with van der Waals surface area (Å²) in [6, 6.07) is 11.7. The van der Waals surface area contributed by atoms with Gasteiger partial charge < -0.3 is 19.3 Å². The van der Waals surface area contributed by atoms with Crippen LogP contribution in [0.5, 0.6) is 5.75 Å². The molecule has 0 bridgehead atoms. The molecule has 1 atom stereocenters. The van der Waals surface area contributed by atoms with Crippen molar-refractivity contribution < 1.29 is 27.4 Å². The molecule has 0 aliphatic carbocycles. The second-order valence-electron chi connectivity index (χ2n) is 7.12. The molecule has 1 aliphatic heterocycles. The minimum atomic E-state index is -4.63. The number of methoxy groups -OCH3 is 2. The zero-order chi connectivity index (χ0) is 22.6. The molecule has 1 heterocycles. The Labute approximate surface area is 178 Å². The lowest BCUT2D eigenvalue weighted by Crippen LogP contribution is -2.56. The molecule has 1 aliphatic rings. The van der Waals surface area contributed by atoms with E-state index in [4.69, 9.17) is 14.7 Å². The summed E-state index contributed by atoms with van der Waals surface area (Å²) < 4.78 is 50.5. The molecule has 31 heavy (non-hydrogen) atoms. The number of hydrogen-bond acceptors (Lipinski definition) is 5. The van der Waals surface area contributed by atoms with Crippen LogP contribution in [0, 0.1) is 11.3 Å². The third-order valence-corrected chi connectivity index (χ3v) is 5.23. The number of amides is 1. The second kappa shape index (κ2) is 9.27. The summed E-state index contributed by atoms with van der Waals surface area (Å²) in [7, 11) is 3.04. The van der Waals surface area contributed by atoms with Gasteiger partial charge in [-0.05, 0) is 42.5 Å². The highest BCUT2D eigenvalue weighted by molar-refractivity contribution is 5.94. The highest BCUT2D eigenvalue weighted by Gasteiger charge is 2.36. The summed E-state index contributed by atoms with van der Waals surface area (Å²) in [5, 5.41) is 9.02. The van der Waals surface area contributed by atoms with E-state index in [0.29, 0.717) is 36.6 Å². The van der Waals surface area contributed by atoms with Crippen LogP contribution in [0.25, 0.3) is 0 Å². The van der Waals surface area contributed by atoms with E-state index in [-0.39, 0.29) is 18.6 Å². The Morgan fingerprint density at radius 1 is 1.16 bits per heavy atom. The number of nitriles is 1. The van der Waals surface area contributed by atoms with E-state index in [1.165, 1.54) is 19.2 Å². The van der Waals surface area contributed by atoms with Gasteiger partial charge in [0.1, 0.15) is 5.75 Å². The predicted octanol–water partition coefficient (Wildman–Crippen LogP) is 3.56. The normalized spacial score (nSPS) is 16.7. The van der Waals surface area contributed by atoms with Gasteiger partial charge in [0.25, 0.3) is 5.91 Å². The molecule has 0 spiro atoms. The summed E-state index contributed by atoms with van der Waals surface area (Å²) in [6.07, 6.45) is -4.63. The van der Waals surface area contributed by atoms with Gasteiger partial charge in [0.05, 0.1) is 37.0 Å². The molecular weight excluding hydrogens is 411 g/mol. The maximum Gasteiger partial charge on any atom is 0.417 e. The van der Waals surface area contributed by atoms with E-state index < -0.39 is 17.3 Å². The van der Waals surface area contributed by atoms with Gasteiger partial charge in [-0.3, -0.25) is 4.79 Å². The topological polar surface area (TPSA) is 65.8 Å². The summed E-state index contributed by atoms with van der Waals surface area (Å²) in [4.78, 5) is 16.4. The number of hydrogen-bond donors (Lipinski definition) is 0. The molecule has 0 radical (unpaired) electrons. The van der Waals surface area contributed by atoms with Crippen LogP contribution in [-0.4, -0.2) is 57.3 Å². The third kappa shape index (κ3) is 4.91. The minimum Gasteiger partial charge on any atom is -0.497 e. The van der Waals surface area contributed by atoms with Crippen molar-refractivity contribution >= 4 is 11.6 Å². The van der Waals surface area contributed by atoms with E-state index in [2.05, 4.69) is 0 Å². The van der Waals surface area contributed by atoms with Gasteiger partial charge in [-0.25, -0.2) is 0 Å². The number of nitrogens with zero attached hydrogens (tertiary/aromatic N) is 3. The van der Waals surface area contributed by atoms with E-state index in [1.807, 2.05) is 0 Å². The number of carbonyl (C=O) groups excluding carboxylic acids is 1. The van der Waals surface area contributed by atoms with Crippen LogP contribution in [0.1, 0.15) is 21.5 Å². The number of piperazine rings is 1. The lowest BCUT2D eigenvalue weighted by molar-refractivity contribution is -0.137. The Kier molecular flexibility index (Phi) is 6.71. The maximum atomic E-state index is 13.4. The Morgan fingerprint density at radius 2 is 1.87 bits per heavy atom. The largest absolute Gasteiger partial charge is 0.497 e. The first-order chi connectivity index (χ1) is 14.8. The molecule has 2 aromatic carbocycles. The Bertz CT molecular complexity index is 971. The fraction of sp³-hybridized carbons (Fsp3) is 0.364. The van der Waals surface area contributed by atoms with Crippen molar-refractivity contribution in [3.05, 3.63) is 59.2 Å². The van der Waals surface area contributed by atoms with Crippen LogP contribution < -0.4 is 9.64 Å². The quantitative estimate of drug-likeness (QED) is 0.722. The number of rotatable bonds is 5. The predicted molar refractivity (Wildman–Crippen MR) is 108 cm³/mol. The van der Waals surface area contributed by atoms with Gasteiger partial charge in [0, 0.05) is 38.0 Å². The van der Waals surface area contributed by atoms with Crippen LogP contribution in [0.4, 0.5) is 18.9 Å². The summed E-state index contributed by atoms with van der Waals surface area (Å²) in [5.41, 5.74) is -0.554. The van der Waals surface area contributed by atoms with Crippen molar-refractivity contribution in [2.24, 2.45) is 0 Å². The first-order valence-electron chi connectivity index (χ1n) is 9.58. The Morgan fingerprint density at radius 3 is 2.45 bits per heavy atom. The number of ether oxygens (including phenoxy) is 2. The zero-order valence-electron chi connectivity index (χ0n) is 17.1. The molecular formula is C22H22F3N3O3. The monoisotopic (exact) mass is 433 g/mol. The van der Waals surface area contributed by atoms with Gasteiger partial charge in [0.2, 0.25) is 0 Å². The highest BCUT2D eigenvalue weighted by atomic mass is 19.4. The van der Waals surface area contributed by atoms with E-state index in [0.717, 1.165) is 6.07 Å². The van der Waals surface area contributed by atoms with Crippen molar-refractivity contribution in [3.8, 4) is 11.8 Å². The smallest absolute Gasteiger partial charge is 0.417 e. The summed E-state index contributed by atoms with van der Waals surface area (Å²) in [5.74, 6) is 0.471. The van der Waals surface area contributed by atoms with Crippen LogP contribution in [0.3, 0.4) is 0 Å².